The van der Waals surface area contributed by atoms with E-state index in [4.69, 9.17) is 0 Å². The summed E-state index contributed by atoms with van der Waals surface area (Å²) in [5.74, 6) is -1.05. The van der Waals surface area contributed by atoms with Crippen molar-refractivity contribution in [3.63, 3.8) is 0 Å². The van der Waals surface area contributed by atoms with Gasteiger partial charge in [-0.2, -0.15) is 0 Å². The summed E-state index contributed by atoms with van der Waals surface area (Å²) >= 11 is 0. The first-order valence-corrected chi connectivity index (χ1v) is 3.82. The van der Waals surface area contributed by atoms with Crippen LogP contribution in [-0.2, 0) is 10.2 Å². The Balaban J connectivity index is 0.00000144. The molecule has 0 aliphatic rings. The van der Waals surface area contributed by atoms with Crippen molar-refractivity contribution < 1.29 is 61.3 Å². The van der Waals surface area contributed by atoms with Crippen molar-refractivity contribution in [1.29, 1.82) is 0 Å². The fourth-order valence-electron chi connectivity index (χ4n) is 0.973. The van der Waals surface area contributed by atoms with Gasteiger partial charge < -0.3 is 9.90 Å². The molecule has 1 rings (SSSR count). The minimum Gasteiger partial charge on any atom is -0.549 e. The van der Waals surface area contributed by atoms with E-state index in [-0.39, 0.29) is 51.4 Å². The molecule has 13 heavy (non-hydrogen) atoms. The quantitative estimate of drug-likeness (QED) is 0.507. The van der Waals surface area contributed by atoms with Gasteiger partial charge in [0.05, 0.1) is 5.97 Å². The van der Waals surface area contributed by atoms with Crippen LogP contribution in [0.4, 0.5) is 0 Å². The number of aliphatic carboxylic acids is 1. The molecule has 1 aromatic carbocycles. The van der Waals surface area contributed by atoms with Crippen molar-refractivity contribution in [1.82, 2.24) is 0 Å². The van der Waals surface area contributed by atoms with Gasteiger partial charge in [0.25, 0.3) is 0 Å². The topological polar surface area (TPSA) is 40.1 Å². The Labute approximate surface area is 121 Å². The summed E-state index contributed by atoms with van der Waals surface area (Å²) in [5.41, 5.74) is -0.133. The molecule has 1 aromatic rings. The maximum absolute atomic E-state index is 10.7. The van der Waals surface area contributed by atoms with E-state index in [1.165, 1.54) is 0 Å². The molecule has 0 saturated heterocycles. The van der Waals surface area contributed by atoms with E-state index in [0.717, 1.165) is 5.56 Å². The van der Waals surface area contributed by atoms with Gasteiger partial charge in [-0.1, -0.05) is 44.2 Å². The third-order valence-corrected chi connectivity index (χ3v) is 2.01. The van der Waals surface area contributed by atoms with Crippen molar-refractivity contribution >= 4 is 5.97 Å². The molecule has 3 heteroatoms. The molecular weight excluding hydrogens is 191 g/mol. The molecule has 0 unspecified atom stereocenters. The summed E-state index contributed by atoms with van der Waals surface area (Å²) in [7, 11) is 0. The van der Waals surface area contributed by atoms with Crippen LogP contribution in [0.25, 0.3) is 0 Å². The molecule has 0 spiro atoms. The summed E-state index contributed by atoms with van der Waals surface area (Å²) in [6, 6.07) is 9.07. The van der Waals surface area contributed by atoms with E-state index >= 15 is 0 Å². The van der Waals surface area contributed by atoms with Gasteiger partial charge in [0, 0.05) is 5.41 Å². The first-order chi connectivity index (χ1) is 5.55. The number of hydrogen-bond acceptors (Lipinski definition) is 2. The van der Waals surface area contributed by atoms with Gasteiger partial charge in [0.1, 0.15) is 0 Å². The fourth-order valence-corrected chi connectivity index (χ4v) is 0.973. The maximum Gasteiger partial charge on any atom is 1.00 e. The number of carboxylic acid groups (broad SMARTS) is 1. The van der Waals surface area contributed by atoms with Crippen LogP contribution in [-0.4, -0.2) is 5.97 Å². The number of benzene rings is 1. The smallest absolute Gasteiger partial charge is 0.549 e. The van der Waals surface area contributed by atoms with E-state index in [1.807, 2.05) is 18.2 Å². The Bertz CT molecular complexity index is 280. The number of rotatable bonds is 2. The van der Waals surface area contributed by atoms with Gasteiger partial charge in [-0.15, -0.1) is 0 Å². The first-order valence-electron chi connectivity index (χ1n) is 3.82. The largest absolute Gasteiger partial charge is 1.00 e. The van der Waals surface area contributed by atoms with Gasteiger partial charge in [0.2, 0.25) is 0 Å². The molecule has 0 amide bonds. The van der Waals surface area contributed by atoms with E-state index in [9.17, 15) is 9.90 Å². The number of carbonyl (C=O) groups excluding carboxylic acids is 1. The molecule has 0 heterocycles. The van der Waals surface area contributed by atoms with Crippen LogP contribution < -0.4 is 56.5 Å². The fraction of sp³-hybridized carbons (Fsp3) is 0.300. The maximum atomic E-state index is 10.7. The second-order valence-electron chi connectivity index (χ2n) is 3.28. The molecule has 64 valence electrons. The third-order valence-electron chi connectivity index (χ3n) is 2.01. The van der Waals surface area contributed by atoms with Crippen molar-refractivity contribution in [3.05, 3.63) is 35.9 Å². The molecule has 0 aliphatic heterocycles. The Hall–Kier alpha value is 0.326. The minimum atomic E-state index is -1.05. The normalized spacial score (nSPS) is 10.3. The van der Waals surface area contributed by atoms with E-state index in [1.54, 1.807) is 26.0 Å². The molecule has 0 radical (unpaired) electrons. The van der Waals surface area contributed by atoms with Crippen LogP contribution in [0, 0.1) is 0 Å². The summed E-state index contributed by atoms with van der Waals surface area (Å²) in [6.07, 6.45) is 0. The SMILES string of the molecule is CC(C)(C(=O)[O-])c1ccccc1.[K+]. The second kappa shape index (κ2) is 5.27. The van der Waals surface area contributed by atoms with Crippen LogP contribution >= 0.6 is 0 Å². The summed E-state index contributed by atoms with van der Waals surface area (Å²) in [4.78, 5) is 10.7. The number of hydrogen-bond donors (Lipinski definition) is 0. The molecule has 0 aromatic heterocycles. The number of carbonyl (C=O) groups is 1. The van der Waals surface area contributed by atoms with Gasteiger partial charge in [0.15, 0.2) is 0 Å². The molecular formula is C10H11KO2. The van der Waals surface area contributed by atoms with Crippen LogP contribution in [0.3, 0.4) is 0 Å². The van der Waals surface area contributed by atoms with Crippen molar-refractivity contribution in [3.8, 4) is 0 Å². The minimum absolute atomic E-state index is 0. The molecule has 0 aliphatic carbocycles. The van der Waals surface area contributed by atoms with Crippen LogP contribution in [0.2, 0.25) is 0 Å². The Morgan fingerprint density at radius 1 is 1.23 bits per heavy atom. The van der Waals surface area contributed by atoms with Crippen LogP contribution in [0.5, 0.6) is 0 Å². The van der Waals surface area contributed by atoms with Crippen molar-refractivity contribution in [2.45, 2.75) is 19.3 Å². The van der Waals surface area contributed by atoms with E-state index < -0.39 is 11.4 Å². The van der Waals surface area contributed by atoms with Crippen LogP contribution in [0.1, 0.15) is 19.4 Å². The Kier molecular flexibility index (Phi) is 5.40. The molecule has 0 bridgehead atoms. The van der Waals surface area contributed by atoms with Gasteiger partial charge in [-0.05, 0) is 5.56 Å². The Morgan fingerprint density at radius 3 is 2.08 bits per heavy atom. The zero-order valence-electron chi connectivity index (χ0n) is 8.20. The standard InChI is InChI=1S/C10H12O2.K/c1-10(2,9(11)12)8-6-4-3-5-7-8;/h3-7H,1-2H3,(H,11,12);/q;+1/p-1. The summed E-state index contributed by atoms with van der Waals surface area (Å²) < 4.78 is 0. The zero-order valence-corrected chi connectivity index (χ0v) is 11.3. The van der Waals surface area contributed by atoms with Crippen LogP contribution in [0.15, 0.2) is 30.3 Å². The van der Waals surface area contributed by atoms with Crippen molar-refractivity contribution in [2.75, 3.05) is 0 Å². The second-order valence-corrected chi connectivity index (χ2v) is 3.28. The molecule has 0 atom stereocenters. The van der Waals surface area contributed by atoms with Gasteiger partial charge in [-0.25, -0.2) is 0 Å². The van der Waals surface area contributed by atoms with Gasteiger partial charge >= 0.3 is 51.4 Å². The summed E-state index contributed by atoms with van der Waals surface area (Å²) in [6.45, 7) is 3.27. The predicted octanol–water partition coefficient (Wildman–Crippen LogP) is -2.28. The molecule has 0 saturated carbocycles. The summed E-state index contributed by atoms with van der Waals surface area (Å²) in [5, 5.41) is 10.7. The monoisotopic (exact) mass is 202 g/mol. The van der Waals surface area contributed by atoms with E-state index in [2.05, 4.69) is 0 Å². The van der Waals surface area contributed by atoms with E-state index in [0.29, 0.717) is 0 Å². The van der Waals surface area contributed by atoms with Crippen molar-refractivity contribution in [2.24, 2.45) is 0 Å². The number of carboxylic acids is 1. The third kappa shape index (κ3) is 3.18. The average molecular weight is 202 g/mol. The molecule has 2 nitrogen and oxygen atoms in total. The van der Waals surface area contributed by atoms with Gasteiger partial charge in [-0.3, -0.25) is 0 Å². The predicted molar refractivity (Wildman–Crippen MR) is 44.5 cm³/mol. The average Bonchev–Trinajstić information content (AvgIpc) is 2.06. The molecule has 0 N–H and O–H groups in total. The first kappa shape index (κ1) is 13.3. The Morgan fingerprint density at radius 2 is 1.69 bits per heavy atom. The molecule has 0 fully saturated rings. The zero-order chi connectivity index (χ0) is 9.19.